The summed E-state index contributed by atoms with van der Waals surface area (Å²) in [6.07, 6.45) is -4.44. The highest BCUT2D eigenvalue weighted by Crippen LogP contribution is 2.36. The van der Waals surface area contributed by atoms with Crippen LogP contribution >= 0.6 is 0 Å². The molecule has 1 aliphatic carbocycles. The number of nitrogens with zero attached hydrogens (tertiary/aromatic N) is 1. The van der Waals surface area contributed by atoms with Gasteiger partial charge in [0.25, 0.3) is 0 Å². The molecule has 2 rings (SSSR count). The zero-order valence-electron chi connectivity index (χ0n) is 21.6. The summed E-state index contributed by atoms with van der Waals surface area (Å²) in [6, 6.07) is -1.14. The van der Waals surface area contributed by atoms with Gasteiger partial charge in [-0.1, -0.05) is 13.8 Å². The number of ketones is 1. The summed E-state index contributed by atoms with van der Waals surface area (Å²) in [6.45, 7) is 9.55. The topological polar surface area (TPSA) is 167 Å². The third-order valence-corrected chi connectivity index (χ3v) is 5.63. The predicted octanol–water partition coefficient (Wildman–Crippen LogP) is 1.30. The Hall–Kier alpha value is -3.28. The quantitative estimate of drug-likeness (QED) is 0.289. The van der Waals surface area contributed by atoms with Crippen molar-refractivity contribution >= 4 is 35.3 Å². The van der Waals surface area contributed by atoms with Crippen LogP contribution in [0.5, 0.6) is 0 Å². The van der Waals surface area contributed by atoms with Gasteiger partial charge >= 0.3 is 17.9 Å². The molecule has 200 valence electrons. The van der Waals surface area contributed by atoms with E-state index < -0.39 is 59.8 Å². The molecule has 1 heterocycles. The Morgan fingerprint density at radius 1 is 1.00 bits per heavy atom. The van der Waals surface area contributed by atoms with Crippen molar-refractivity contribution in [3.63, 3.8) is 0 Å². The molecule has 36 heavy (non-hydrogen) atoms. The Morgan fingerprint density at radius 3 is 2.08 bits per heavy atom. The number of nitrogens with one attached hydrogen (secondary N) is 1. The minimum Gasteiger partial charge on any atom is -0.511 e. The summed E-state index contributed by atoms with van der Waals surface area (Å²) in [4.78, 5) is 64.5. The molecule has 1 aliphatic heterocycles. The monoisotopic (exact) mass is 510 g/mol. The van der Waals surface area contributed by atoms with E-state index in [0.29, 0.717) is 0 Å². The molecule has 1 amide bonds. The number of hydrogen-bond acceptors (Lipinski definition) is 11. The van der Waals surface area contributed by atoms with Gasteiger partial charge in [0.2, 0.25) is 5.91 Å². The van der Waals surface area contributed by atoms with Crippen LogP contribution in [0.3, 0.4) is 0 Å². The number of carbonyl (C=O) groups is 5. The fraction of sp³-hybridized carbons (Fsp3) is 0.667. The smallest absolute Gasteiger partial charge is 0.303 e. The average molecular weight is 511 g/mol. The molecule has 1 fully saturated rings. The zero-order chi connectivity index (χ0) is 27.4. The summed E-state index contributed by atoms with van der Waals surface area (Å²) in [5.41, 5.74) is -0.230. The van der Waals surface area contributed by atoms with Crippen molar-refractivity contribution in [1.82, 2.24) is 5.32 Å². The Balaban J connectivity index is 2.57. The number of allylic oxidation sites excluding steroid dienone is 2. The fourth-order valence-electron chi connectivity index (χ4n) is 4.37. The lowest BCUT2D eigenvalue weighted by Crippen LogP contribution is -2.65. The third kappa shape index (κ3) is 7.61. The SMILES string of the molecule is CC(=O)N[C@@H]1[C@@H](OC(C)=O)[C@H](OC(C)=O)[C@@H](COC(C)=O)O[C@H]1/N=C(/C)C1=C(O)CC(C)(C)CC1=O. The van der Waals surface area contributed by atoms with Crippen LogP contribution in [0.1, 0.15) is 61.3 Å². The number of Topliss-reactive ketones (excluding diaryl/α,β-unsaturated/α-hetero) is 1. The van der Waals surface area contributed by atoms with Crippen LogP contribution < -0.4 is 5.32 Å². The van der Waals surface area contributed by atoms with E-state index in [4.69, 9.17) is 18.9 Å². The van der Waals surface area contributed by atoms with Crippen molar-refractivity contribution in [2.45, 2.75) is 91.9 Å². The highest BCUT2D eigenvalue weighted by atomic mass is 16.6. The second kappa shape index (κ2) is 11.6. The summed E-state index contributed by atoms with van der Waals surface area (Å²) in [5, 5.41) is 13.2. The van der Waals surface area contributed by atoms with E-state index in [0.717, 1.165) is 13.8 Å². The molecule has 0 unspecified atom stereocenters. The molecule has 0 saturated carbocycles. The Kier molecular flexibility index (Phi) is 9.36. The first kappa shape index (κ1) is 29.0. The first-order chi connectivity index (χ1) is 16.6. The van der Waals surface area contributed by atoms with Crippen LogP contribution in [-0.4, -0.2) is 77.6 Å². The molecule has 1 saturated heterocycles. The lowest BCUT2D eigenvalue weighted by Gasteiger charge is -2.44. The van der Waals surface area contributed by atoms with E-state index >= 15 is 0 Å². The predicted molar refractivity (Wildman–Crippen MR) is 125 cm³/mol. The molecule has 2 aliphatic rings. The van der Waals surface area contributed by atoms with Crippen LogP contribution in [0.15, 0.2) is 16.3 Å². The zero-order valence-corrected chi connectivity index (χ0v) is 21.6. The van der Waals surface area contributed by atoms with Gasteiger partial charge in [-0.2, -0.15) is 0 Å². The van der Waals surface area contributed by atoms with E-state index in [2.05, 4.69) is 10.3 Å². The summed E-state index contributed by atoms with van der Waals surface area (Å²) in [7, 11) is 0. The van der Waals surface area contributed by atoms with Crippen molar-refractivity contribution in [1.29, 1.82) is 0 Å². The van der Waals surface area contributed by atoms with Crippen LogP contribution in [0.4, 0.5) is 0 Å². The summed E-state index contributed by atoms with van der Waals surface area (Å²) < 4.78 is 21.8. The van der Waals surface area contributed by atoms with Gasteiger partial charge in [0.05, 0.1) is 5.57 Å². The first-order valence-corrected chi connectivity index (χ1v) is 11.5. The molecule has 5 atom stereocenters. The first-order valence-electron chi connectivity index (χ1n) is 11.5. The Bertz CT molecular complexity index is 983. The lowest BCUT2D eigenvalue weighted by atomic mass is 9.76. The maximum absolute atomic E-state index is 12.8. The number of ether oxygens (including phenoxy) is 4. The van der Waals surface area contributed by atoms with Gasteiger partial charge in [0, 0.05) is 46.2 Å². The molecule has 12 heteroatoms. The largest absolute Gasteiger partial charge is 0.511 e. The number of aliphatic hydroxyl groups is 1. The van der Waals surface area contributed by atoms with E-state index in [1.54, 1.807) is 0 Å². The number of carbonyl (C=O) groups excluding carboxylic acids is 5. The van der Waals surface area contributed by atoms with Gasteiger partial charge in [0.15, 0.2) is 24.2 Å². The minimum absolute atomic E-state index is 0.0437. The molecular weight excluding hydrogens is 476 g/mol. The number of aliphatic imine (C=N–C) groups is 1. The maximum Gasteiger partial charge on any atom is 0.303 e. The van der Waals surface area contributed by atoms with Gasteiger partial charge in [-0.15, -0.1) is 0 Å². The van der Waals surface area contributed by atoms with Gasteiger partial charge in [-0.3, -0.25) is 29.0 Å². The van der Waals surface area contributed by atoms with Crippen molar-refractivity contribution < 1.29 is 48.0 Å². The highest BCUT2D eigenvalue weighted by molar-refractivity contribution is 6.22. The molecule has 0 bridgehead atoms. The molecular formula is C24H34N2O10. The fourth-order valence-corrected chi connectivity index (χ4v) is 4.37. The van der Waals surface area contributed by atoms with Gasteiger partial charge in [-0.05, 0) is 12.3 Å². The molecule has 2 N–H and O–H groups in total. The van der Waals surface area contributed by atoms with Crippen molar-refractivity contribution in [3.8, 4) is 0 Å². The van der Waals surface area contributed by atoms with Gasteiger partial charge in [-0.25, -0.2) is 0 Å². The summed E-state index contributed by atoms with van der Waals surface area (Å²) >= 11 is 0. The van der Waals surface area contributed by atoms with Gasteiger partial charge in [0.1, 0.15) is 24.5 Å². The molecule has 0 aromatic carbocycles. The molecule has 12 nitrogen and oxygen atoms in total. The Morgan fingerprint density at radius 2 is 1.58 bits per heavy atom. The number of esters is 3. The van der Waals surface area contributed by atoms with E-state index in [9.17, 15) is 29.1 Å². The molecule has 0 aromatic rings. The van der Waals surface area contributed by atoms with E-state index in [1.165, 1.54) is 20.8 Å². The van der Waals surface area contributed by atoms with E-state index in [1.807, 2.05) is 13.8 Å². The van der Waals surface area contributed by atoms with E-state index in [-0.39, 0.29) is 42.3 Å². The number of rotatable bonds is 7. The average Bonchev–Trinajstić information content (AvgIpc) is 2.68. The van der Waals surface area contributed by atoms with Crippen molar-refractivity contribution in [2.24, 2.45) is 10.4 Å². The number of hydrogen-bond donors (Lipinski definition) is 2. The Labute approximate surface area is 209 Å². The second-order valence-electron chi connectivity index (χ2n) is 9.72. The second-order valence-corrected chi connectivity index (χ2v) is 9.72. The lowest BCUT2D eigenvalue weighted by molar-refractivity contribution is -0.222. The molecule has 0 spiro atoms. The summed E-state index contributed by atoms with van der Waals surface area (Å²) in [5.74, 6) is -3.02. The molecule has 0 radical (unpaired) electrons. The van der Waals surface area contributed by atoms with Crippen molar-refractivity contribution in [3.05, 3.63) is 11.3 Å². The highest BCUT2D eigenvalue weighted by Gasteiger charge is 2.51. The minimum atomic E-state index is -1.27. The van der Waals surface area contributed by atoms with Crippen LogP contribution in [0, 0.1) is 5.41 Å². The third-order valence-electron chi connectivity index (χ3n) is 5.63. The number of amides is 1. The van der Waals surface area contributed by atoms with Crippen LogP contribution in [-0.2, 0) is 42.9 Å². The van der Waals surface area contributed by atoms with Crippen molar-refractivity contribution in [2.75, 3.05) is 6.61 Å². The number of aliphatic hydroxyl groups excluding tert-OH is 1. The molecule has 0 aromatic heterocycles. The maximum atomic E-state index is 12.8. The van der Waals surface area contributed by atoms with Crippen LogP contribution in [0.2, 0.25) is 0 Å². The van der Waals surface area contributed by atoms with Crippen LogP contribution in [0.25, 0.3) is 0 Å². The van der Waals surface area contributed by atoms with Gasteiger partial charge < -0.3 is 29.4 Å². The standard InChI is InChI=1S/C24H34N2O10/c1-11(19-16(31)8-24(6,7)9-17(19)32)25-23-20(26-12(2)27)22(35-15(5)30)21(34-14(4)29)18(36-23)10-33-13(3)28/h18,20-23,31H,8-10H2,1-7H3,(H,26,27)/b25-11-/t18-,20-,21-,22-,23-/m1/s1. The normalized spacial score (nSPS) is 28.2.